The lowest BCUT2D eigenvalue weighted by molar-refractivity contribution is -1.09. The molecule has 1 amide bonds. The van der Waals surface area contributed by atoms with E-state index in [4.69, 9.17) is 4.74 Å². The van der Waals surface area contributed by atoms with E-state index < -0.39 is 24.1 Å². The Hall–Kier alpha value is -2.98. The average Bonchev–Trinajstić information content (AvgIpc) is 3.54. The number of β-lactam (4-membered cyclic amide) rings is 1. The number of aliphatic carboxylic acids is 1. The molecule has 4 unspecified atom stereocenters. The third-order valence-corrected chi connectivity index (χ3v) is 13.0. The minimum absolute atomic E-state index is 0.0777. The average molecular weight is 604 g/mol. The molecule has 9 rings (SSSR count). The van der Waals surface area contributed by atoms with Gasteiger partial charge in [0.2, 0.25) is 5.91 Å². The van der Waals surface area contributed by atoms with Gasteiger partial charge in [-0.25, -0.2) is 4.79 Å². The molecule has 8 nitrogen and oxygen atoms in total. The molecule has 1 aliphatic carbocycles. The highest BCUT2D eigenvalue weighted by molar-refractivity contribution is 7.26. The molecule has 1 saturated carbocycles. The summed E-state index contributed by atoms with van der Waals surface area (Å²) in [5.74, 6) is -1.24. The molecule has 5 aliphatic heterocycles. The van der Waals surface area contributed by atoms with Crippen LogP contribution in [0.5, 0.6) is 5.75 Å². The minimum Gasteiger partial charge on any atom is -0.485 e. The fourth-order valence-corrected chi connectivity index (χ4v) is 10.4. The number of quaternary nitrogens is 2. The highest BCUT2D eigenvalue weighted by atomic mass is 32.1. The van der Waals surface area contributed by atoms with Crippen molar-refractivity contribution in [3.8, 4) is 5.75 Å². The van der Waals surface area contributed by atoms with Crippen LogP contribution in [-0.2, 0) is 16.1 Å². The van der Waals surface area contributed by atoms with Gasteiger partial charge in [-0.15, -0.1) is 11.3 Å². The van der Waals surface area contributed by atoms with Gasteiger partial charge in [-0.05, 0) is 45.2 Å². The van der Waals surface area contributed by atoms with Crippen LogP contribution in [0.4, 0.5) is 0 Å². The molecular weight excluding hydrogens is 562 g/mol. The van der Waals surface area contributed by atoms with Gasteiger partial charge in [0.25, 0.3) is 0 Å². The van der Waals surface area contributed by atoms with Gasteiger partial charge in [-0.2, -0.15) is 0 Å². The lowest BCUT2D eigenvalue weighted by atomic mass is 9.71. The number of piperazine rings is 3. The number of benzene rings is 2. The third kappa shape index (κ3) is 3.97. The van der Waals surface area contributed by atoms with Gasteiger partial charge < -0.3 is 28.8 Å². The van der Waals surface area contributed by atoms with E-state index in [1.807, 2.05) is 23.5 Å². The first-order valence-corrected chi connectivity index (χ1v) is 16.8. The van der Waals surface area contributed by atoms with E-state index in [-0.39, 0.29) is 23.6 Å². The predicted octanol–water partition coefficient (Wildman–Crippen LogP) is 4.34. The van der Waals surface area contributed by atoms with Crippen LogP contribution >= 0.6 is 11.3 Å². The molecule has 1 aromatic heterocycles. The second kappa shape index (κ2) is 9.76. The Morgan fingerprint density at radius 3 is 2.49 bits per heavy atom. The smallest absolute Gasteiger partial charge is 0.352 e. The molecule has 0 spiro atoms. The number of fused-ring (bicyclic) bond motifs is 9. The Morgan fingerprint density at radius 2 is 1.79 bits per heavy atom. The summed E-state index contributed by atoms with van der Waals surface area (Å²) in [6, 6.07) is 12.6. The summed E-state index contributed by atoms with van der Waals surface area (Å²) in [7, 11) is 0. The molecule has 43 heavy (non-hydrogen) atoms. The van der Waals surface area contributed by atoms with Crippen molar-refractivity contribution in [1.29, 1.82) is 0 Å². The Balaban J connectivity index is 1.15. The largest absolute Gasteiger partial charge is 0.485 e. The van der Waals surface area contributed by atoms with Crippen LogP contribution in [0.2, 0.25) is 0 Å². The van der Waals surface area contributed by atoms with Gasteiger partial charge in [0.15, 0.2) is 0 Å². The summed E-state index contributed by atoms with van der Waals surface area (Å²) >= 11 is 1.84. The number of nitrogens with zero attached hydrogens (tertiary/aromatic N) is 3. The van der Waals surface area contributed by atoms with Crippen LogP contribution in [0.1, 0.15) is 38.7 Å². The first-order chi connectivity index (χ1) is 20.7. The van der Waals surface area contributed by atoms with E-state index in [1.54, 1.807) is 6.92 Å². The number of amides is 1. The number of carbonyl (C=O) groups is 2. The second-order valence-corrected chi connectivity index (χ2v) is 14.8. The topological polar surface area (TPSA) is 87.1 Å². The van der Waals surface area contributed by atoms with E-state index in [2.05, 4.69) is 31.2 Å². The molecule has 2 aromatic carbocycles. The Kier molecular flexibility index (Phi) is 6.26. The number of thiophene rings is 1. The van der Waals surface area contributed by atoms with Gasteiger partial charge in [0.1, 0.15) is 63.4 Å². The van der Waals surface area contributed by atoms with Gasteiger partial charge in [0.05, 0.1) is 24.6 Å². The molecule has 6 aliphatic rings. The number of carboxylic acids is 1. The fraction of sp³-hybridized carbons (Fsp3) is 0.529. The van der Waals surface area contributed by atoms with Crippen LogP contribution < -0.4 is 4.74 Å². The number of carbonyl (C=O) groups excluding carboxylic acids is 1. The number of aliphatic hydroxyl groups excluding tert-OH is 1. The van der Waals surface area contributed by atoms with E-state index in [0.717, 1.165) is 36.1 Å². The summed E-state index contributed by atoms with van der Waals surface area (Å²) in [5.41, 5.74) is 2.22. The zero-order valence-electron chi connectivity index (χ0n) is 25.0. The lowest BCUT2D eigenvalue weighted by Crippen LogP contribution is -2.74. The monoisotopic (exact) mass is 603 g/mol. The van der Waals surface area contributed by atoms with E-state index >= 15 is 0 Å². The van der Waals surface area contributed by atoms with Gasteiger partial charge in [-0.3, -0.25) is 4.79 Å². The molecule has 2 bridgehead atoms. The first-order valence-electron chi connectivity index (χ1n) is 16.0. The SMILES string of the molecule is CC[N+]12CC[N+](Cc3cccc4c3sc3cccc(OC5CCC[C@H]6C5=C(C(=O)O)N5C(=O)C(C(C)O)C65)c34)(CC1)CC2. The van der Waals surface area contributed by atoms with Crippen LogP contribution in [0.25, 0.3) is 20.2 Å². The van der Waals surface area contributed by atoms with Crippen LogP contribution in [-0.4, -0.2) is 100 Å². The number of likely N-dealkylation sites (N-methyl/N-ethyl adjacent to an activating group) is 1. The van der Waals surface area contributed by atoms with E-state index in [0.29, 0.717) is 6.42 Å². The highest BCUT2D eigenvalue weighted by Crippen LogP contribution is 2.53. The summed E-state index contributed by atoms with van der Waals surface area (Å²) in [5, 5.41) is 22.9. The molecule has 226 valence electrons. The zero-order valence-corrected chi connectivity index (χ0v) is 25.8. The van der Waals surface area contributed by atoms with Gasteiger partial charge in [0, 0.05) is 37.2 Å². The fourth-order valence-electron chi connectivity index (χ4n) is 9.22. The molecule has 6 heterocycles. The number of aliphatic hydroxyl groups is 1. The zero-order chi connectivity index (χ0) is 29.7. The predicted molar refractivity (Wildman–Crippen MR) is 166 cm³/mol. The summed E-state index contributed by atoms with van der Waals surface area (Å²) in [6.45, 7) is 13.9. The first kappa shape index (κ1) is 27.6. The van der Waals surface area contributed by atoms with Crippen LogP contribution in [0.15, 0.2) is 47.7 Å². The van der Waals surface area contributed by atoms with Crippen molar-refractivity contribution >= 4 is 43.4 Å². The van der Waals surface area contributed by atoms with Crippen molar-refractivity contribution in [3.05, 3.63) is 53.2 Å². The Morgan fingerprint density at radius 1 is 1.07 bits per heavy atom. The molecule has 5 atom stereocenters. The molecule has 0 radical (unpaired) electrons. The maximum absolute atomic E-state index is 13.0. The van der Waals surface area contributed by atoms with Crippen molar-refractivity contribution in [2.75, 3.05) is 45.8 Å². The molecular formula is C34H41N3O5S+2. The third-order valence-electron chi connectivity index (χ3n) is 11.7. The normalized spacial score (nSPS) is 33.9. The van der Waals surface area contributed by atoms with Crippen molar-refractivity contribution in [2.24, 2.45) is 11.8 Å². The summed E-state index contributed by atoms with van der Waals surface area (Å²) in [4.78, 5) is 26.9. The number of rotatable bonds is 7. The summed E-state index contributed by atoms with van der Waals surface area (Å²) < 4.78 is 11.8. The van der Waals surface area contributed by atoms with E-state index in [1.165, 1.54) is 80.0 Å². The Labute approximate surface area is 255 Å². The van der Waals surface area contributed by atoms with Crippen molar-refractivity contribution in [2.45, 2.75) is 57.9 Å². The second-order valence-electron chi connectivity index (χ2n) is 13.7. The van der Waals surface area contributed by atoms with Crippen molar-refractivity contribution in [1.82, 2.24) is 4.90 Å². The standard InChI is InChI=1S/C34H40N3O5S/c1-3-36-13-16-37(17-14-36,18-15-36)19-21-7-4-9-23-28-24(11-6-12-26(28)43-32(21)23)42-25-10-5-8-22-29(25)31(34(40)41)35-30(22)27(20(2)38)33(35)39/h4,6-7,9,11-12,20,22,25,27,30,38H,3,5,8,10,13-19H2,1-2H3/q+1/p+1/t20?,22-,25?,27?,30?,36?,37?/m0/s1. The number of ether oxygens (including phenoxy) is 1. The van der Waals surface area contributed by atoms with E-state index in [9.17, 15) is 19.8 Å². The molecule has 9 heteroatoms. The molecule has 4 saturated heterocycles. The molecule has 5 fully saturated rings. The maximum atomic E-state index is 13.0. The number of hydrogen-bond donors (Lipinski definition) is 2. The lowest BCUT2D eigenvalue weighted by Gasteiger charge is -2.55. The number of hydrogen-bond acceptors (Lipinski definition) is 5. The van der Waals surface area contributed by atoms with Crippen LogP contribution in [0, 0.1) is 11.8 Å². The van der Waals surface area contributed by atoms with Gasteiger partial charge in [-0.1, -0.05) is 24.3 Å². The van der Waals surface area contributed by atoms with Gasteiger partial charge >= 0.3 is 5.97 Å². The van der Waals surface area contributed by atoms with Crippen molar-refractivity contribution in [3.63, 3.8) is 0 Å². The van der Waals surface area contributed by atoms with Crippen LogP contribution in [0.3, 0.4) is 0 Å². The van der Waals surface area contributed by atoms with Crippen molar-refractivity contribution < 1.29 is 33.5 Å². The molecule has 2 N–H and O–H groups in total. The molecule has 3 aromatic rings. The minimum atomic E-state index is -1.09. The number of carboxylic acid groups (broad SMARTS) is 1. The highest BCUT2D eigenvalue weighted by Gasteiger charge is 2.62. The quantitative estimate of drug-likeness (QED) is 0.310. The summed E-state index contributed by atoms with van der Waals surface area (Å²) in [6.07, 6.45) is 1.17. The Bertz CT molecular complexity index is 1670. The maximum Gasteiger partial charge on any atom is 0.352 e.